The number of ether oxygens (including phenoxy) is 1. The minimum atomic E-state index is -0.0204. The first-order valence-electron chi connectivity index (χ1n) is 10.0. The first-order chi connectivity index (χ1) is 13.9. The van der Waals surface area contributed by atoms with Crippen LogP contribution in [0.15, 0.2) is 54.6 Å². The summed E-state index contributed by atoms with van der Waals surface area (Å²) in [5.41, 5.74) is 2.31. The number of tetrazole rings is 1. The molecule has 1 aliphatic heterocycles. The molecule has 6 heteroatoms. The van der Waals surface area contributed by atoms with Gasteiger partial charge >= 0.3 is 0 Å². The molecule has 1 fully saturated rings. The van der Waals surface area contributed by atoms with Gasteiger partial charge in [0.1, 0.15) is 11.8 Å². The summed E-state index contributed by atoms with van der Waals surface area (Å²) in [6.07, 6.45) is 4.96. The number of hydrogen-bond acceptors (Lipinski definition) is 5. The normalized spacial score (nSPS) is 16.5. The number of para-hydroxylation sites is 1. The zero-order valence-electron chi connectivity index (χ0n) is 16.4. The number of methoxy groups -OCH3 is 1. The van der Waals surface area contributed by atoms with Crippen molar-refractivity contribution >= 4 is 0 Å². The van der Waals surface area contributed by atoms with Crippen LogP contribution in [0.4, 0.5) is 0 Å². The average Bonchev–Trinajstić information content (AvgIpc) is 3.01. The second kappa shape index (κ2) is 8.97. The van der Waals surface area contributed by atoms with Gasteiger partial charge < -0.3 is 4.74 Å². The molecular formula is C22H27N5O. The summed E-state index contributed by atoms with van der Waals surface area (Å²) in [7, 11) is 1.73. The molecule has 3 aromatic rings. The zero-order valence-corrected chi connectivity index (χ0v) is 16.4. The monoisotopic (exact) mass is 377 g/mol. The predicted octanol–water partition coefficient (Wildman–Crippen LogP) is 3.70. The molecule has 1 aliphatic rings. The number of hydrogen-bond donors (Lipinski definition) is 0. The topological polar surface area (TPSA) is 56.1 Å². The van der Waals surface area contributed by atoms with Crippen LogP contribution in [0.3, 0.4) is 0 Å². The van der Waals surface area contributed by atoms with Crippen molar-refractivity contribution in [3.05, 3.63) is 71.5 Å². The molecule has 0 N–H and O–H groups in total. The summed E-state index contributed by atoms with van der Waals surface area (Å²) in [6, 6.07) is 18.5. The van der Waals surface area contributed by atoms with Gasteiger partial charge in [-0.05, 0) is 48.0 Å². The predicted molar refractivity (Wildman–Crippen MR) is 108 cm³/mol. The summed E-state index contributed by atoms with van der Waals surface area (Å²) in [5.74, 6) is 1.75. The van der Waals surface area contributed by atoms with Crippen LogP contribution < -0.4 is 4.74 Å². The van der Waals surface area contributed by atoms with E-state index in [1.54, 1.807) is 7.11 Å². The van der Waals surface area contributed by atoms with Gasteiger partial charge in [0.25, 0.3) is 0 Å². The summed E-state index contributed by atoms with van der Waals surface area (Å²) < 4.78 is 7.63. The standard InChI is InChI=1S/C22H27N5O/c1-28-20-14-8-7-13-19(20)21(26-15-9-2-3-10-16-26)22-23-24-25-27(22)17-18-11-5-4-6-12-18/h4-8,11-14,21H,2-3,9-10,15-17H2,1H3/t21-/m1/s1. The van der Waals surface area contributed by atoms with Crippen LogP contribution in [-0.2, 0) is 6.54 Å². The Bertz CT molecular complexity index is 871. The van der Waals surface area contributed by atoms with Crippen molar-refractivity contribution in [3.8, 4) is 5.75 Å². The first kappa shape index (κ1) is 18.6. The van der Waals surface area contributed by atoms with Gasteiger partial charge in [-0.25, -0.2) is 4.68 Å². The van der Waals surface area contributed by atoms with Crippen LogP contribution in [0.5, 0.6) is 5.75 Å². The first-order valence-corrected chi connectivity index (χ1v) is 10.0. The van der Waals surface area contributed by atoms with Crippen LogP contribution in [-0.4, -0.2) is 45.3 Å². The highest BCUT2D eigenvalue weighted by atomic mass is 16.5. The van der Waals surface area contributed by atoms with E-state index in [1.165, 1.54) is 31.2 Å². The van der Waals surface area contributed by atoms with E-state index in [1.807, 2.05) is 35.0 Å². The maximum absolute atomic E-state index is 5.70. The van der Waals surface area contributed by atoms with Crippen molar-refractivity contribution < 1.29 is 4.74 Å². The number of benzene rings is 2. The van der Waals surface area contributed by atoms with E-state index >= 15 is 0 Å². The Morgan fingerprint density at radius 2 is 1.64 bits per heavy atom. The van der Waals surface area contributed by atoms with Gasteiger partial charge in [-0.3, -0.25) is 4.90 Å². The third kappa shape index (κ3) is 4.07. The molecule has 0 radical (unpaired) electrons. The maximum atomic E-state index is 5.70. The lowest BCUT2D eigenvalue weighted by molar-refractivity contribution is 0.217. The van der Waals surface area contributed by atoms with Crippen LogP contribution in [0.25, 0.3) is 0 Å². The second-order valence-electron chi connectivity index (χ2n) is 7.28. The minimum absolute atomic E-state index is 0.0204. The van der Waals surface area contributed by atoms with Gasteiger partial charge in [-0.2, -0.15) is 0 Å². The Morgan fingerprint density at radius 1 is 0.929 bits per heavy atom. The van der Waals surface area contributed by atoms with E-state index in [-0.39, 0.29) is 6.04 Å². The Morgan fingerprint density at radius 3 is 2.39 bits per heavy atom. The quantitative estimate of drug-likeness (QED) is 0.656. The van der Waals surface area contributed by atoms with Crippen molar-refractivity contribution in [2.24, 2.45) is 0 Å². The van der Waals surface area contributed by atoms with Gasteiger partial charge in [0.15, 0.2) is 5.82 Å². The molecule has 0 unspecified atom stereocenters. The maximum Gasteiger partial charge on any atom is 0.173 e. The van der Waals surface area contributed by atoms with Crippen LogP contribution in [0, 0.1) is 0 Å². The lowest BCUT2D eigenvalue weighted by Crippen LogP contribution is -2.33. The molecule has 1 saturated heterocycles. The minimum Gasteiger partial charge on any atom is -0.496 e. The molecule has 0 aliphatic carbocycles. The average molecular weight is 377 g/mol. The molecule has 1 aromatic heterocycles. The van der Waals surface area contributed by atoms with Crippen LogP contribution in [0.2, 0.25) is 0 Å². The van der Waals surface area contributed by atoms with Gasteiger partial charge in [-0.15, -0.1) is 5.10 Å². The van der Waals surface area contributed by atoms with E-state index in [9.17, 15) is 0 Å². The molecule has 0 saturated carbocycles. The lowest BCUT2D eigenvalue weighted by Gasteiger charge is -2.31. The van der Waals surface area contributed by atoms with E-state index in [4.69, 9.17) is 4.74 Å². The molecule has 1 atom stereocenters. The molecule has 2 aromatic carbocycles. The highest BCUT2D eigenvalue weighted by molar-refractivity contribution is 5.39. The largest absolute Gasteiger partial charge is 0.496 e. The SMILES string of the molecule is COc1ccccc1[C@H](c1nnnn1Cc1ccccc1)N1CCCCCC1. The van der Waals surface area contributed by atoms with E-state index < -0.39 is 0 Å². The van der Waals surface area contributed by atoms with Crippen molar-refractivity contribution in [3.63, 3.8) is 0 Å². The summed E-state index contributed by atoms with van der Waals surface area (Å²) in [6.45, 7) is 2.74. The number of aromatic nitrogens is 4. The Labute approximate surface area is 166 Å². The fourth-order valence-corrected chi connectivity index (χ4v) is 4.02. The highest BCUT2D eigenvalue weighted by Gasteiger charge is 2.30. The second-order valence-corrected chi connectivity index (χ2v) is 7.28. The summed E-state index contributed by atoms with van der Waals surface area (Å²) >= 11 is 0. The molecule has 0 spiro atoms. The summed E-state index contributed by atoms with van der Waals surface area (Å²) in [5, 5.41) is 12.8. The fourth-order valence-electron chi connectivity index (χ4n) is 4.02. The number of nitrogens with zero attached hydrogens (tertiary/aromatic N) is 5. The van der Waals surface area contributed by atoms with Crippen molar-refractivity contribution in [2.75, 3.05) is 20.2 Å². The van der Waals surface area contributed by atoms with Crippen LogP contribution in [0.1, 0.15) is 48.7 Å². The van der Waals surface area contributed by atoms with Crippen LogP contribution >= 0.6 is 0 Å². The smallest absolute Gasteiger partial charge is 0.173 e. The Balaban J connectivity index is 1.75. The van der Waals surface area contributed by atoms with Crippen molar-refractivity contribution in [2.45, 2.75) is 38.3 Å². The molecule has 6 nitrogen and oxygen atoms in total. The highest BCUT2D eigenvalue weighted by Crippen LogP contribution is 2.35. The van der Waals surface area contributed by atoms with Gasteiger partial charge in [0.05, 0.1) is 13.7 Å². The van der Waals surface area contributed by atoms with Gasteiger partial charge in [0.2, 0.25) is 0 Å². The fraction of sp³-hybridized carbons (Fsp3) is 0.409. The molecule has 0 amide bonds. The Hall–Kier alpha value is -2.73. The zero-order chi connectivity index (χ0) is 19.2. The Kier molecular flexibility index (Phi) is 5.97. The van der Waals surface area contributed by atoms with Crippen molar-refractivity contribution in [1.29, 1.82) is 0 Å². The third-order valence-electron chi connectivity index (χ3n) is 5.42. The molecule has 146 valence electrons. The summed E-state index contributed by atoms with van der Waals surface area (Å²) in [4.78, 5) is 2.51. The number of likely N-dealkylation sites (tertiary alicyclic amines) is 1. The molecule has 4 rings (SSSR count). The molecular weight excluding hydrogens is 350 g/mol. The third-order valence-corrected chi connectivity index (χ3v) is 5.42. The van der Waals surface area contributed by atoms with E-state index in [0.717, 1.165) is 30.2 Å². The van der Waals surface area contributed by atoms with Gasteiger partial charge in [0, 0.05) is 5.56 Å². The molecule has 2 heterocycles. The molecule has 28 heavy (non-hydrogen) atoms. The van der Waals surface area contributed by atoms with Crippen molar-refractivity contribution in [1.82, 2.24) is 25.1 Å². The number of rotatable bonds is 6. The molecule has 0 bridgehead atoms. The van der Waals surface area contributed by atoms with Gasteiger partial charge in [-0.1, -0.05) is 61.4 Å². The lowest BCUT2D eigenvalue weighted by atomic mass is 10.0. The van der Waals surface area contributed by atoms with E-state index in [2.05, 4.69) is 44.7 Å². The van der Waals surface area contributed by atoms with E-state index in [0.29, 0.717) is 6.54 Å².